The summed E-state index contributed by atoms with van der Waals surface area (Å²) in [6.07, 6.45) is 12.2. The molecule has 1 amide bonds. The summed E-state index contributed by atoms with van der Waals surface area (Å²) in [5.41, 5.74) is 1.68. The van der Waals surface area contributed by atoms with Gasteiger partial charge in [-0.05, 0) is 55.9 Å². The number of aromatic nitrogens is 2. The Morgan fingerprint density at radius 1 is 1.19 bits per heavy atom. The first-order valence-electron chi connectivity index (χ1n) is 11.8. The molecule has 0 unspecified atom stereocenters. The second-order valence-electron chi connectivity index (χ2n) is 9.15. The van der Waals surface area contributed by atoms with E-state index in [0.29, 0.717) is 23.6 Å². The molecule has 2 fully saturated rings. The van der Waals surface area contributed by atoms with Gasteiger partial charge in [-0.2, -0.15) is 5.10 Å². The molecule has 1 aromatic heterocycles. The summed E-state index contributed by atoms with van der Waals surface area (Å²) in [5, 5.41) is 4.20. The van der Waals surface area contributed by atoms with Crippen LogP contribution in [-0.2, 0) is 13.5 Å². The molecule has 32 heavy (non-hydrogen) atoms. The lowest BCUT2D eigenvalue weighted by molar-refractivity contribution is 0.0714. The van der Waals surface area contributed by atoms with Crippen LogP contribution in [-0.4, -0.2) is 71.4 Å². The first-order chi connectivity index (χ1) is 15.5. The van der Waals surface area contributed by atoms with Gasteiger partial charge >= 0.3 is 0 Å². The number of benzene rings is 1. The van der Waals surface area contributed by atoms with Gasteiger partial charge in [0.15, 0.2) is 0 Å². The Bertz CT molecular complexity index is 898. The molecular weight excluding hydrogens is 404 g/mol. The molecule has 0 bridgehead atoms. The molecule has 0 atom stereocenters. The van der Waals surface area contributed by atoms with Crippen LogP contribution >= 0.6 is 0 Å². The van der Waals surface area contributed by atoms with Crippen LogP contribution in [0.1, 0.15) is 54.4 Å². The Hall–Kier alpha value is -2.54. The number of hydrogen-bond acceptors (Lipinski definition) is 5. The maximum Gasteiger partial charge on any atom is 0.257 e. The monoisotopic (exact) mass is 440 g/mol. The van der Waals surface area contributed by atoms with Crippen LogP contribution in [0.2, 0.25) is 0 Å². The highest BCUT2D eigenvalue weighted by Crippen LogP contribution is 2.30. The molecule has 1 saturated heterocycles. The molecule has 0 N–H and O–H groups in total. The predicted octanol–water partition coefficient (Wildman–Crippen LogP) is 3.53. The Kier molecular flexibility index (Phi) is 7.35. The fraction of sp³-hybridized carbons (Fsp3) is 0.600. The Morgan fingerprint density at radius 3 is 2.59 bits per heavy atom. The number of ether oxygens (including phenoxy) is 2. The molecule has 1 saturated carbocycles. The predicted molar refractivity (Wildman–Crippen MR) is 124 cm³/mol. The lowest BCUT2D eigenvalue weighted by Gasteiger charge is -2.36. The van der Waals surface area contributed by atoms with Crippen molar-refractivity contribution < 1.29 is 14.3 Å². The highest BCUT2D eigenvalue weighted by atomic mass is 16.5. The van der Waals surface area contributed by atoms with Gasteiger partial charge in [0.25, 0.3) is 5.91 Å². The van der Waals surface area contributed by atoms with E-state index in [0.717, 1.165) is 44.0 Å². The molecule has 2 heterocycles. The lowest BCUT2D eigenvalue weighted by atomic mass is 10.0. The second-order valence-corrected chi connectivity index (χ2v) is 9.15. The molecule has 7 nitrogen and oxygen atoms in total. The zero-order valence-corrected chi connectivity index (χ0v) is 19.6. The van der Waals surface area contributed by atoms with Gasteiger partial charge in [0.2, 0.25) is 0 Å². The number of nitrogens with zero attached hydrogens (tertiary/aromatic N) is 4. The van der Waals surface area contributed by atoms with Gasteiger partial charge in [-0.25, -0.2) is 0 Å². The van der Waals surface area contributed by atoms with Gasteiger partial charge in [-0.1, -0.05) is 12.8 Å². The summed E-state index contributed by atoms with van der Waals surface area (Å²) in [7, 11) is 5.35. The number of likely N-dealkylation sites (tertiary alicyclic amines) is 1. The van der Waals surface area contributed by atoms with Gasteiger partial charge in [-0.3, -0.25) is 9.48 Å². The number of aryl methyl sites for hydroxylation is 1. The Labute approximate surface area is 191 Å². The van der Waals surface area contributed by atoms with Gasteiger partial charge < -0.3 is 19.3 Å². The van der Waals surface area contributed by atoms with E-state index < -0.39 is 0 Å². The van der Waals surface area contributed by atoms with Crippen molar-refractivity contribution in [1.29, 1.82) is 0 Å². The van der Waals surface area contributed by atoms with Crippen molar-refractivity contribution in [2.24, 2.45) is 7.05 Å². The summed E-state index contributed by atoms with van der Waals surface area (Å²) in [6, 6.07) is 6.31. The smallest absolute Gasteiger partial charge is 0.257 e. The molecule has 7 heteroatoms. The first kappa shape index (κ1) is 22.6. The topological polar surface area (TPSA) is 59.8 Å². The Balaban J connectivity index is 1.39. The SMILES string of the molecule is COc1ccc(OC2CCN(C3CCCC3)CC2)c(C(=O)N(C)CCc2cnn(C)c2)c1. The summed E-state index contributed by atoms with van der Waals surface area (Å²) in [4.78, 5) is 17.7. The van der Waals surface area contributed by atoms with E-state index in [9.17, 15) is 4.79 Å². The number of piperidine rings is 1. The molecule has 1 aromatic carbocycles. The number of hydrogen-bond donors (Lipinski definition) is 0. The van der Waals surface area contributed by atoms with Crippen LogP contribution in [0, 0.1) is 0 Å². The summed E-state index contributed by atoms with van der Waals surface area (Å²) in [5.74, 6) is 1.27. The van der Waals surface area contributed by atoms with E-state index in [-0.39, 0.29) is 12.0 Å². The van der Waals surface area contributed by atoms with Crippen molar-refractivity contribution in [3.63, 3.8) is 0 Å². The fourth-order valence-electron chi connectivity index (χ4n) is 4.92. The quantitative estimate of drug-likeness (QED) is 0.629. The minimum Gasteiger partial charge on any atom is -0.497 e. The molecule has 1 aliphatic heterocycles. The highest BCUT2D eigenvalue weighted by molar-refractivity contribution is 5.97. The van der Waals surface area contributed by atoms with Gasteiger partial charge in [0.1, 0.15) is 17.6 Å². The molecule has 0 spiro atoms. The molecule has 0 radical (unpaired) electrons. The molecular formula is C25H36N4O3. The molecule has 1 aliphatic carbocycles. The maximum atomic E-state index is 13.3. The summed E-state index contributed by atoms with van der Waals surface area (Å²) < 4.78 is 13.6. The van der Waals surface area contributed by atoms with E-state index in [2.05, 4.69) is 10.00 Å². The number of carbonyl (C=O) groups excluding carboxylic acids is 1. The van der Waals surface area contributed by atoms with E-state index in [1.807, 2.05) is 38.6 Å². The van der Waals surface area contributed by atoms with Gasteiger partial charge in [0.05, 0.1) is 18.9 Å². The van der Waals surface area contributed by atoms with Crippen molar-refractivity contribution in [2.75, 3.05) is 33.8 Å². The van der Waals surface area contributed by atoms with Crippen LogP contribution in [0.15, 0.2) is 30.6 Å². The second kappa shape index (κ2) is 10.4. The third kappa shape index (κ3) is 5.44. The number of carbonyl (C=O) groups is 1. The van der Waals surface area contributed by atoms with Crippen molar-refractivity contribution in [3.05, 3.63) is 41.7 Å². The lowest BCUT2D eigenvalue weighted by Crippen LogP contribution is -2.43. The van der Waals surface area contributed by atoms with Crippen molar-refractivity contribution in [2.45, 2.75) is 57.1 Å². The minimum atomic E-state index is -0.0498. The maximum absolute atomic E-state index is 13.3. The van der Waals surface area contributed by atoms with E-state index in [4.69, 9.17) is 9.47 Å². The Morgan fingerprint density at radius 2 is 1.94 bits per heavy atom. The molecule has 2 aliphatic rings. The fourth-order valence-corrected chi connectivity index (χ4v) is 4.92. The van der Waals surface area contributed by atoms with Crippen molar-refractivity contribution >= 4 is 5.91 Å². The largest absolute Gasteiger partial charge is 0.497 e. The van der Waals surface area contributed by atoms with E-state index in [1.54, 1.807) is 22.8 Å². The third-order valence-corrected chi connectivity index (χ3v) is 6.87. The third-order valence-electron chi connectivity index (χ3n) is 6.87. The molecule has 174 valence electrons. The van der Waals surface area contributed by atoms with Gasteiger partial charge in [0, 0.05) is 46.0 Å². The zero-order valence-electron chi connectivity index (χ0n) is 19.6. The number of methoxy groups -OCH3 is 1. The average molecular weight is 441 g/mol. The van der Waals surface area contributed by atoms with Gasteiger partial charge in [-0.15, -0.1) is 0 Å². The average Bonchev–Trinajstić information content (AvgIpc) is 3.50. The molecule has 2 aromatic rings. The zero-order chi connectivity index (χ0) is 22.5. The summed E-state index contributed by atoms with van der Waals surface area (Å²) in [6.45, 7) is 2.78. The normalized spacial score (nSPS) is 18.1. The number of amides is 1. The van der Waals surface area contributed by atoms with Crippen molar-refractivity contribution in [1.82, 2.24) is 19.6 Å². The van der Waals surface area contributed by atoms with E-state index >= 15 is 0 Å². The van der Waals surface area contributed by atoms with E-state index in [1.165, 1.54) is 25.7 Å². The number of rotatable bonds is 8. The van der Waals surface area contributed by atoms with Crippen LogP contribution in [0.3, 0.4) is 0 Å². The van der Waals surface area contributed by atoms with Crippen LogP contribution in [0.4, 0.5) is 0 Å². The van der Waals surface area contributed by atoms with Crippen LogP contribution in [0.25, 0.3) is 0 Å². The van der Waals surface area contributed by atoms with Crippen LogP contribution < -0.4 is 9.47 Å². The van der Waals surface area contributed by atoms with Crippen LogP contribution in [0.5, 0.6) is 11.5 Å². The minimum absolute atomic E-state index is 0.0498. The highest BCUT2D eigenvalue weighted by Gasteiger charge is 2.29. The first-order valence-corrected chi connectivity index (χ1v) is 11.8. The van der Waals surface area contributed by atoms with Crippen molar-refractivity contribution in [3.8, 4) is 11.5 Å². The molecule has 4 rings (SSSR count). The summed E-state index contributed by atoms with van der Waals surface area (Å²) >= 11 is 0. The number of likely N-dealkylation sites (N-methyl/N-ethyl adjacent to an activating group) is 1. The standard InChI is InChI=1S/C25H36N4O3/c1-27(13-10-19-17-26-28(2)18-19)25(30)23-16-22(31-3)8-9-24(23)32-21-11-14-29(15-12-21)20-6-4-5-7-20/h8-9,16-18,20-21H,4-7,10-15H2,1-3H3.